The van der Waals surface area contributed by atoms with E-state index in [1.807, 2.05) is 18.2 Å². The van der Waals surface area contributed by atoms with E-state index in [0.717, 1.165) is 17.4 Å². The zero-order valence-corrected chi connectivity index (χ0v) is 15.6. The fourth-order valence-corrected chi connectivity index (χ4v) is 3.11. The number of carbonyl (C=O) groups excluding carboxylic acids is 1. The molecule has 5 rings (SSSR count). The van der Waals surface area contributed by atoms with Crippen molar-refractivity contribution in [2.75, 3.05) is 21.4 Å². The molecule has 2 aliphatic heterocycles. The van der Waals surface area contributed by atoms with Gasteiger partial charge in [-0.15, -0.1) is 0 Å². The number of ether oxygens (including phenoxy) is 1. The van der Waals surface area contributed by atoms with Crippen LogP contribution in [0.15, 0.2) is 42.6 Å². The SMILES string of the molecule is O=C1Nc2cc(Nc3nc(Nc4ccc5c(c4)NNC5)ncc3F)ccc2OC1(F)F. The molecule has 0 saturated heterocycles. The first-order valence-electron chi connectivity index (χ1n) is 9.08. The maximum Gasteiger partial charge on any atom is 0.482 e. The van der Waals surface area contributed by atoms with Crippen molar-refractivity contribution in [3.8, 4) is 5.75 Å². The van der Waals surface area contributed by atoms with Gasteiger partial charge in [0.25, 0.3) is 0 Å². The number of hydrogen-bond donors (Lipinski definition) is 5. The summed E-state index contributed by atoms with van der Waals surface area (Å²) in [4.78, 5) is 19.4. The lowest BCUT2D eigenvalue weighted by atomic mass is 10.2. The standard InChI is InChI=1S/C19H14F3N7O2/c20-12-8-23-18(26-11-2-1-9-7-24-29-13(9)5-11)28-16(12)25-10-3-4-15-14(6-10)27-17(30)19(21,22)31-15/h1-6,8,24,29H,7H2,(H,27,30)(H2,23,25,26,28). The summed E-state index contributed by atoms with van der Waals surface area (Å²) < 4.78 is 45.3. The predicted octanol–water partition coefficient (Wildman–Crippen LogP) is 3.46. The summed E-state index contributed by atoms with van der Waals surface area (Å²) in [6, 6.07) is 9.58. The molecule has 0 radical (unpaired) electrons. The maximum absolute atomic E-state index is 14.2. The third kappa shape index (κ3) is 3.64. The lowest BCUT2D eigenvalue weighted by Gasteiger charge is -2.25. The first-order chi connectivity index (χ1) is 14.9. The number of halogens is 3. The van der Waals surface area contributed by atoms with Crippen molar-refractivity contribution in [3.63, 3.8) is 0 Å². The second-order valence-corrected chi connectivity index (χ2v) is 6.77. The van der Waals surface area contributed by atoms with Crippen molar-refractivity contribution in [3.05, 3.63) is 54.0 Å². The van der Waals surface area contributed by atoms with E-state index in [-0.39, 0.29) is 23.2 Å². The number of anilines is 6. The second-order valence-electron chi connectivity index (χ2n) is 6.77. The Morgan fingerprint density at radius 3 is 2.71 bits per heavy atom. The maximum atomic E-state index is 14.2. The number of fused-ring (bicyclic) bond motifs is 2. The average molecular weight is 429 g/mol. The van der Waals surface area contributed by atoms with Crippen LogP contribution in [0.3, 0.4) is 0 Å². The number of nitrogens with zero attached hydrogens (tertiary/aromatic N) is 2. The van der Waals surface area contributed by atoms with E-state index >= 15 is 0 Å². The number of nitrogens with one attached hydrogen (secondary N) is 5. The Bertz CT molecular complexity index is 1210. The van der Waals surface area contributed by atoms with E-state index in [1.165, 1.54) is 18.2 Å². The quantitative estimate of drug-likeness (QED) is 0.429. The molecule has 158 valence electrons. The van der Waals surface area contributed by atoms with Gasteiger partial charge in [0.05, 0.1) is 17.6 Å². The van der Waals surface area contributed by atoms with E-state index in [9.17, 15) is 18.0 Å². The molecule has 1 amide bonds. The van der Waals surface area contributed by atoms with Gasteiger partial charge in [-0.1, -0.05) is 6.07 Å². The number of amides is 1. The Balaban J connectivity index is 1.37. The lowest BCUT2D eigenvalue weighted by Crippen LogP contribution is -2.43. The molecule has 1 aromatic heterocycles. The first-order valence-corrected chi connectivity index (χ1v) is 9.08. The molecule has 0 unspecified atom stereocenters. The molecule has 5 N–H and O–H groups in total. The van der Waals surface area contributed by atoms with Crippen LogP contribution in [0.1, 0.15) is 5.56 Å². The Labute approximate surface area is 173 Å². The van der Waals surface area contributed by atoms with Crippen LogP contribution >= 0.6 is 0 Å². The molecule has 9 nitrogen and oxygen atoms in total. The van der Waals surface area contributed by atoms with Crippen LogP contribution in [0, 0.1) is 5.82 Å². The van der Waals surface area contributed by atoms with Crippen molar-refractivity contribution >= 4 is 40.4 Å². The summed E-state index contributed by atoms with van der Waals surface area (Å²) in [6.07, 6.45) is -2.96. The van der Waals surface area contributed by atoms with Gasteiger partial charge in [-0.25, -0.2) is 14.8 Å². The highest BCUT2D eigenvalue weighted by atomic mass is 19.3. The van der Waals surface area contributed by atoms with Gasteiger partial charge in [0.2, 0.25) is 5.95 Å². The highest BCUT2D eigenvalue weighted by Crippen LogP contribution is 2.37. The Morgan fingerprint density at radius 1 is 1.06 bits per heavy atom. The Morgan fingerprint density at radius 2 is 1.84 bits per heavy atom. The van der Waals surface area contributed by atoms with Crippen molar-refractivity contribution in [2.45, 2.75) is 12.7 Å². The van der Waals surface area contributed by atoms with Gasteiger partial charge in [0, 0.05) is 17.9 Å². The lowest BCUT2D eigenvalue weighted by molar-refractivity contribution is -0.189. The van der Waals surface area contributed by atoms with E-state index in [1.54, 1.807) is 0 Å². The molecule has 0 aliphatic carbocycles. The van der Waals surface area contributed by atoms with Crippen molar-refractivity contribution in [2.24, 2.45) is 0 Å². The molecule has 3 aromatic rings. The Hall–Kier alpha value is -4.06. The topological polar surface area (TPSA) is 112 Å². The van der Waals surface area contributed by atoms with Crippen LogP contribution in [0.5, 0.6) is 5.75 Å². The molecular weight excluding hydrogens is 415 g/mol. The molecule has 0 bridgehead atoms. The number of hydrogen-bond acceptors (Lipinski definition) is 8. The van der Waals surface area contributed by atoms with E-state index in [0.29, 0.717) is 17.9 Å². The molecule has 12 heteroatoms. The highest BCUT2D eigenvalue weighted by Gasteiger charge is 2.46. The summed E-state index contributed by atoms with van der Waals surface area (Å²) >= 11 is 0. The molecule has 0 atom stereocenters. The minimum Gasteiger partial charge on any atom is -0.423 e. The largest absolute Gasteiger partial charge is 0.482 e. The molecule has 0 spiro atoms. The molecule has 3 heterocycles. The fourth-order valence-electron chi connectivity index (χ4n) is 3.11. The molecule has 0 fully saturated rings. The van der Waals surface area contributed by atoms with Gasteiger partial charge >= 0.3 is 12.0 Å². The summed E-state index contributed by atoms with van der Waals surface area (Å²) in [5, 5.41) is 7.79. The summed E-state index contributed by atoms with van der Waals surface area (Å²) in [5.41, 5.74) is 9.06. The number of benzene rings is 2. The van der Waals surface area contributed by atoms with Gasteiger partial charge in [-0.2, -0.15) is 13.8 Å². The molecule has 2 aromatic carbocycles. The third-order valence-electron chi connectivity index (χ3n) is 4.60. The normalized spacial score (nSPS) is 15.8. The number of hydrazine groups is 1. The number of alkyl halides is 2. The van der Waals surface area contributed by atoms with Gasteiger partial charge < -0.3 is 26.1 Å². The highest BCUT2D eigenvalue weighted by molar-refractivity contribution is 5.99. The number of carbonyl (C=O) groups is 1. The third-order valence-corrected chi connectivity index (χ3v) is 4.60. The smallest absolute Gasteiger partial charge is 0.423 e. The van der Waals surface area contributed by atoms with Crippen molar-refractivity contribution in [1.29, 1.82) is 0 Å². The van der Waals surface area contributed by atoms with Crippen LogP contribution in [-0.2, 0) is 11.3 Å². The minimum atomic E-state index is -3.95. The van der Waals surface area contributed by atoms with Crippen LogP contribution in [0.4, 0.5) is 47.7 Å². The average Bonchev–Trinajstić information content (AvgIpc) is 3.19. The fraction of sp³-hybridized carbons (Fsp3) is 0.105. The van der Waals surface area contributed by atoms with Crippen molar-refractivity contribution < 1.29 is 22.7 Å². The van der Waals surface area contributed by atoms with E-state index < -0.39 is 17.8 Å². The zero-order valence-electron chi connectivity index (χ0n) is 15.6. The van der Waals surface area contributed by atoms with Crippen LogP contribution in [0.25, 0.3) is 0 Å². The van der Waals surface area contributed by atoms with E-state index in [2.05, 4.69) is 41.5 Å². The van der Waals surface area contributed by atoms with Crippen LogP contribution in [-0.4, -0.2) is 22.0 Å². The number of aromatic nitrogens is 2. The molecular formula is C19H14F3N7O2. The Kier molecular flexibility index (Phi) is 4.29. The monoisotopic (exact) mass is 429 g/mol. The number of rotatable bonds is 4. The van der Waals surface area contributed by atoms with E-state index in [4.69, 9.17) is 0 Å². The van der Waals surface area contributed by atoms with Gasteiger partial charge in [0.15, 0.2) is 17.4 Å². The molecule has 0 saturated carbocycles. The summed E-state index contributed by atoms with van der Waals surface area (Å²) in [6.45, 7) is 0.709. The minimum absolute atomic E-state index is 0.0213. The molecule has 31 heavy (non-hydrogen) atoms. The zero-order chi connectivity index (χ0) is 21.6. The summed E-state index contributed by atoms with van der Waals surface area (Å²) in [5.74, 6) is -2.53. The molecule has 2 aliphatic rings. The summed E-state index contributed by atoms with van der Waals surface area (Å²) in [7, 11) is 0. The predicted molar refractivity (Wildman–Crippen MR) is 106 cm³/mol. The van der Waals surface area contributed by atoms with Crippen LogP contribution < -0.4 is 31.5 Å². The second kappa shape index (κ2) is 7.02. The van der Waals surface area contributed by atoms with Gasteiger partial charge in [-0.3, -0.25) is 4.79 Å². The van der Waals surface area contributed by atoms with Gasteiger partial charge in [-0.05, 0) is 35.9 Å². The van der Waals surface area contributed by atoms with Crippen molar-refractivity contribution in [1.82, 2.24) is 15.4 Å². The van der Waals surface area contributed by atoms with Gasteiger partial charge in [0.1, 0.15) is 0 Å². The van der Waals surface area contributed by atoms with Crippen LogP contribution in [0.2, 0.25) is 0 Å². The first kappa shape index (κ1) is 18.9.